The zero-order valence-electron chi connectivity index (χ0n) is 22.6. The summed E-state index contributed by atoms with van der Waals surface area (Å²) < 4.78 is 0. The quantitative estimate of drug-likeness (QED) is 0.107. The number of amides is 5. The standard InChI is InChI=1S/C25H39N9O5/c1-5-16-20(36)31-18(15-10-7-6-8-11-15)22(38)33-34-25(4,32-19(35)14(2)3)23(39)30-17(21(37)29-16)12-9-13-28-24(26)27/h6-8,10-11,14,16-18,34H,5,9,12-13H2,1-4H3,(H,29,37)(H,30,39)(H,31,36)(H,32,35)(H,33,38)(H4,26,27,28)/t16-,17-,18+,25+/m0/s1. The first-order valence-electron chi connectivity index (χ1n) is 12.8. The largest absolute Gasteiger partial charge is 0.370 e. The SMILES string of the molecule is CC[C@@H]1NC(=O)[C@H](CCCNC(=N)N)NC(=O)[C@](C)(NC(=O)C(C)C)NNC(=O)[C@@H](c2ccccc2)NC1=O. The van der Waals surface area contributed by atoms with Crippen LogP contribution in [0.2, 0.25) is 0 Å². The molecule has 1 aromatic carbocycles. The highest BCUT2D eigenvalue weighted by Gasteiger charge is 2.40. The van der Waals surface area contributed by atoms with Crippen LogP contribution in [0, 0.1) is 11.3 Å². The van der Waals surface area contributed by atoms with Crippen LogP contribution in [0.25, 0.3) is 0 Å². The summed E-state index contributed by atoms with van der Waals surface area (Å²) in [6.45, 7) is 6.59. The fraction of sp³-hybridized carbons (Fsp3) is 0.520. The van der Waals surface area contributed by atoms with Gasteiger partial charge in [0.15, 0.2) is 11.6 Å². The van der Waals surface area contributed by atoms with Crippen LogP contribution in [0.4, 0.5) is 0 Å². The van der Waals surface area contributed by atoms with Crippen molar-refractivity contribution in [1.29, 1.82) is 5.41 Å². The summed E-state index contributed by atoms with van der Waals surface area (Å²) >= 11 is 0. The molecule has 10 N–H and O–H groups in total. The van der Waals surface area contributed by atoms with Crippen molar-refractivity contribution in [3.8, 4) is 0 Å². The minimum atomic E-state index is -1.86. The summed E-state index contributed by atoms with van der Waals surface area (Å²) in [7, 11) is 0. The van der Waals surface area contributed by atoms with Crippen molar-refractivity contribution in [3.05, 3.63) is 35.9 Å². The van der Waals surface area contributed by atoms with Crippen LogP contribution < -0.4 is 43.2 Å². The highest BCUT2D eigenvalue weighted by Crippen LogP contribution is 2.14. The number of guanidine groups is 1. The van der Waals surface area contributed by atoms with Crippen molar-refractivity contribution in [2.75, 3.05) is 6.54 Å². The summed E-state index contributed by atoms with van der Waals surface area (Å²) in [4.78, 5) is 65.8. The molecule has 1 aromatic rings. The van der Waals surface area contributed by atoms with Crippen LogP contribution in [0.5, 0.6) is 0 Å². The van der Waals surface area contributed by atoms with Crippen molar-refractivity contribution >= 4 is 35.5 Å². The molecule has 1 saturated heterocycles. The minimum absolute atomic E-state index is 0.128. The van der Waals surface area contributed by atoms with Crippen LogP contribution >= 0.6 is 0 Å². The maximum atomic E-state index is 13.5. The molecule has 14 nitrogen and oxygen atoms in total. The van der Waals surface area contributed by atoms with Gasteiger partial charge in [0.1, 0.15) is 18.1 Å². The molecule has 0 aliphatic carbocycles. The van der Waals surface area contributed by atoms with E-state index < -0.39 is 59.2 Å². The molecule has 0 saturated carbocycles. The molecule has 1 fully saturated rings. The lowest BCUT2D eigenvalue weighted by molar-refractivity contribution is -0.139. The molecular weight excluding hydrogens is 506 g/mol. The van der Waals surface area contributed by atoms with Crippen LogP contribution in [0.3, 0.4) is 0 Å². The molecule has 0 bridgehead atoms. The van der Waals surface area contributed by atoms with E-state index in [4.69, 9.17) is 11.1 Å². The number of carbonyl (C=O) groups excluding carboxylic acids is 5. The van der Waals surface area contributed by atoms with Crippen LogP contribution in [-0.2, 0) is 24.0 Å². The van der Waals surface area contributed by atoms with E-state index >= 15 is 0 Å². The Morgan fingerprint density at radius 1 is 1.03 bits per heavy atom. The monoisotopic (exact) mass is 545 g/mol. The van der Waals surface area contributed by atoms with Gasteiger partial charge in [-0.15, -0.1) is 0 Å². The van der Waals surface area contributed by atoms with Crippen LogP contribution in [-0.4, -0.2) is 59.8 Å². The smallest absolute Gasteiger partial charge is 0.262 e. The van der Waals surface area contributed by atoms with Gasteiger partial charge >= 0.3 is 0 Å². The Hall–Kier alpha value is -4.20. The van der Waals surface area contributed by atoms with E-state index in [1.54, 1.807) is 51.1 Å². The van der Waals surface area contributed by atoms with Gasteiger partial charge in [-0.2, -0.15) is 0 Å². The van der Waals surface area contributed by atoms with Gasteiger partial charge < -0.3 is 32.3 Å². The van der Waals surface area contributed by atoms with E-state index in [0.29, 0.717) is 12.0 Å². The topological polar surface area (TPSA) is 219 Å². The highest BCUT2D eigenvalue weighted by atomic mass is 16.2. The van der Waals surface area contributed by atoms with Crippen molar-refractivity contribution < 1.29 is 24.0 Å². The Labute approximate surface area is 227 Å². The predicted molar refractivity (Wildman–Crippen MR) is 143 cm³/mol. The Morgan fingerprint density at radius 2 is 1.67 bits per heavy atom. The van der Waals surface area contributed by atoms with Gasteiger partial charge in [-0.25, -0.2) is 5.43 Å². The number of nitrogens with two attached hydrogens (primary N) is 1. The molecular formula is C25H39N9O5. The fourth-order valence-electron chi connectivity index (χ4n) is 3.71. The Morgan fingerprint density at radius 3 is 2.26 bits per heavy atom. The van der Waals surface area contributed by atoms with E-state index in [1.165, 1.54) is 6.92 Å². The second kappa shape index (κ2) is 14.1. The normalized spacial score (nSPS) is 24.6. The van der Waals surface area contributed by atoms with Crippen molar-refractivity contribution in [2.45, 2.75) is 70.7 Å². The molecule has 1 aliphatic rings. The lowest BCUT2D eigenvalue weighted by Gasteiger charge is -2.33. The van der Waals surface area contributed by atoms with E-state index in [9.17, 15) is 24.0 Å². The van der Waals surface area contributed by atoms with Gasteiger partial charge in [0.25, 0.3) is 11.8 Å². The van der Waals surface area contributed by atoms with Crippen LogP contribution in [0.15, 0.2) is 30.3 Å². The molecule has 2 rings (SSSR count). The average Bonchev–Trinajstić information content (AvgIpc) is 2.90. The van der Waals surface area contributed by atoms with Gasteiger partial charge in [-0.3, -0.25) is 34.8 Å². The minimum Gasteiger partial charge on any atom is -0.370 e. The molecule has 39 heavy (non-hydrogen) atoms. The van der Waals surface area contributed by atoms with Gasteiger partial charge in [0.2, 0.25) is 17.7 Å². The van der Waals surface area contributed by atoms with E-state index in [-0.39, 0.29) is 25.3 Å². The number of hydrazine groups is 1. The van der Waals surface area contributed by atoms with Crippen LogP contribution in [0.1, 0.15) is 58.6 Å². The first-order chi connectivity index (χ1) is 18.4. The Kier molecular flexibility index (Phi) is 11.2. The molecule has 0 unspecified atom stereocenters. The number of rotatable bonds is 8. The molecule has 0 aromatic heterocycles. The third kappa shape index (κ3) is 8.95. The molecule has 1 heterocycles. The molecule has 214 valence electrons. The number of hydrogen-bond donors (Lipinski definition) is 9. The van der Waals surface area contributed by atoms with E-state index in [2.05, 4.69) is 37.4 Å². The zero-order valence-corrected chi connectivity index (χ0v) is 22.6. The van der Waals surface area contributed by atoms with E-state index in [0.717, 1.165) is 0 Å². The zero-order chi connectivity index (χ0) is 29.2. The molecule has 1 aliphatic heterocycles. The molecule has 14 heteroatoms. The first-order valence-corrected chi connectivity index (χ1v) is 12.8. The summed E-state index contributed by atoms with van der Waals surface area (Å²) in [5.74, 6) is -3.91. The maximum Gasteiger partial charge on any atom is 0.262 e. The fourth-order valence-corrected chi connectivity index (χ4v) is 3.71. The van der Waals surface area contributed by atoms with Crippen molar-refractivity contribution in [3.63, 3.8) is 0 Å². The third-order valence-corrected chi connectivity index (χ3v) is 6.12. The first kappa shape index (κ1) is 31.0. The molecule has 4 atom stereocenters. The molecule has 0 radical (unpaired) electrons. The summed E-state index contributed by atoms with van der Waals surface area (Å²) in [5.41, 5.74) is 8.95. The lowest BCUT2D eigenvalue weighted by atomic mass is 10.0. The summed E-state index contributed by atoms with van der Waals surface area (Å²) in [6.07, 6.45) is 0.688. The predicted octanol–water partition coefficient (Wildman–Crippen LogP) is -1.39. The summed E-state index contributed by atoms with van der Waals surface area (Å²) in [6, 6.07) is 5.20. The van der Waals surface area contributed by atoms with E-state index in [1.807, 2.05) is 0 Å². The number of carbonyl (C=O) groups is 5. The number of hydrogen-bond acceptors (Lipinski definition) is 7. The Balaban J connectivity index is 2.46. The van der Waals surface area contributed by atoms with Gasteiger partial charge in [-0.05, 0) is 31.7 Å². The second-order valence-electron chi connectivity index (χ2n) is 9.71. The van der Waals surface area contributed by atoms with Gasteiger partial charge in [0, 0.05) is 12.5 Å². The highest BCUT2D eigenvalue weighted by molar-refractivity contribution is 5.97. The summed E-state index contributed by atoms with van der Waals surface area (Å²) in [5, 5.41) is 20.4. The van der Waals surface area contributed by atoms with Crippen molar-refractivity contribution in [2.24, 2.45) is 11.7 Å². The average molecular weight is 546 g/mol. The van der Waals surface area contributed by atoms with Gasteiger partial charge in [0.05, 0.1) is 0 Å². The molecule has 0 spiro atoms. The maximum absolute atomic E-state index is 13.5. The number of nitrogens with one attached hydrogen (secondary N) is 8. The lowest BCUT2D eigenvalue weighted by Crippen LogP contribution is -2.71. The van der Waals surface area contributed by atoms with Crippen molar-refractivity contribution in [1.82, 2.24) is 37.4 Å². The third-order valence-electron chi connectivity index (χ3n) is 6.12. The Bertz CT molecular complexity index is 1070. The second-order valence-corrected chi connectivity index (χ2v) is 9.71. The van der Waals surface area contributed by atoms with Gasteiger partial charge in [-0.1, -0.05) is 51.1 Å². The molecule has 5 amide bonds. The number of benzene rings is 1.